The Hall–Kier alpha value is -2.00. The van der Waals surface area contributed by atoms with Crippen LogP contribution in [0.15, 0.2) is 54.6 Å². The van der Waals surface area contributed by atoms with E-state index >= 15 is 0 Å². The maximum absolute atomic E-state index is 11.8. The van der Waals surface area contributed by atoms with Crippen molar-refractivity contribution in [1.29, 1.82) is 0 Å². The van der Waals surface area contributed by atoms with Crippen molar-refractivity contribution in [3.63, 3.8) is 0 Å². The number of benzene rings is 2. The summed E-state index contributed by atoms with van der Waals surface area (Å²) in [6, 6.07) is 17.0. The number of halogens is 1. The summed E-state index contributed by atoms with van der Waals surface area (Å²) in [5.74, 6) is 0. The normalized spacial score (nSPS) is 11.7. The van der Waals surface area contributed by atoms with Crippen LogP contribution in [0.2, 0.25) is 5.02 Å². The molecule has 2 rings (SSSR count). The van der Waals surface area contributed by atoms with Crippen LogP contribution in [0.1, 0.15) is 24.1 Å². The maximum Gasteiger partial charge on any atom is 0.315 e. The molecular weight excluding hydrogens is 272 g/mol. The van der Waals surface area contributed by atoms with Crippen molar-refractivity contribution in [2.24, 2.45) is 0 Å². The first kappa shape index (κ1) is 14.4. The molecular formula is C16H17ClN2O. The molecule has 1 unspecified atom stereocenters. The predicted octanol–water partition coefficient (Wildman–Crippen LogP) is 3.90. The third kappa shape index (κ3) is 4.28. The lowest BCUT2D eigenvalue weighted by molar-refractivity contribution is 0.237. The van der Waals surface area contributed by atoms with Crippen LogP contribution in [0.4, 0.5) is 4.79 Å². The van der Waals surface area contributed by atoms with Gasteiger partial charge in [0.15, 0.2) is 0 Å². The van der Waals surface area contributed by atoms with E-state index in [9.17, 15) is 4.79 Å². The predicted molar refractivity (Wildman–Crippen MR) is 81.7 cm³/mol. The van der Waals surface area contributed by atoms with E-state index in [0.29, 0.717) is 11.6 Å². The second-order valence-corrected chi connectivity index (χ2v) is 5.03. The first-order chi connectivity index (χ1) is 9.65. The van der Waals surface area contributed by atoms with Crippen LogP contribution in [0, 0.1) is 0 Å². The molecule has 4 heteroatoms. The zero-order valence-corrected chi connectivity index (χ0v) is 12.0. The molecule has 0 bridgehead atoms. The lowest BCUT2D eigenvalue weighted by Gasteiger charge is -2.15. The zero-order chi connectivity index (χ0) is 14.4. The molecule has 104 valence electrons. The first-order valence-corrected chi connectivity index (χ1v) is 6.86. The van der Waals surface area contributed by atoms with E-state index in [4.69, 9.17) is 11.6 Å². The van der Waals surface area contributed by atoms with Gasteiger partial charge in [0.05, 0.1) is 6.04 Å². The number of carbonyl (C=O) groups excluding carboxylic acids is 1. The summed E-state index contributed by atoms with van der Waals surface area (Å²) in [7, 11) is 0. The van der Waals surface area contributed by atoms with Gasteiger partial charge in [-0.3, -0.25) is 0 Å². The van der Waals surface area contributed by atoms with Crippen molar-refractivity contribution in [1.82, 2.24) is 10.6 Å². The molecule has 0 spiro atoms. The van der Waals surface area contributed by atoms with Crippen LogP contribution < -0.4 is 10.6 Å². The summed E-state index contributed by atoms with van der Waals surface area (Å²) in [5, 5.41) is 6.38. The van der Waals surface area contributed by atoms with Crippen LogP contribution in [-0.4, -0.2) is 6.03 Å². The molecule has 0 aromatic heterocycles. The minimum absolute atomic E-state index is 0.0319. The van der Waals surface area contributed by atoms with Crippen LogP contribution in [-0.2, 0) is 6.54 Å². The van der Waals surface area contributed by atoms with E-state index in [2.05, 4.69) is 10.6 Å². The fraction of sp³-hybridized carbons (Fsp3) is 0.188. The van der Waals surface area contributed by atoms with Crippen LogP contribution in [0.5, 0.6) is 0 Å². The van der Waals surface area contributed by atoms with Crippen molar-refractivity contribution >= 4 is 17.6 Å². The lowest BCUT2D eigenvalue weighted by atomic mass is 10.1. The first-order valence-electron chi connectivity index (χ1n) is 6.49. The van der Waals surface area contributed by atoms with Gasteiger partial charge in [0.1, 0.15) is 0 Å². The van der Waals surface area contributed by atoms with E-state index in [1.165, 1.54) is 0 Å². The average Bonchev–Trinajstić information content (AvgIpc) is 2.46. The molecule has 0 heterocycles. The molecule has 0 aliphatic rings. The van der Waals surface area contributed by atoms with Gasteiger partial charge in [-0.15, -0.1) is 0 Å². The van der Waals surface area contributed by atoms with Crippen LogP contribution in [0.25, 0.3) is 0 Å². The number of rotatable bonds is 4. The average molecular weight is 289 g/mol. The molecule has 0 saturated carbocycles. The highest BCUT2D eigenvalue weighted by molar-refractivity contribution is 6.30. The summed E-state index contributed by atoms with van der Waals surface area (Å²) >= 11 is 5.90. The van der Waals surface area contributed by atoms with Gasteiger partial charge in [0.2, 0.25) is 0 Å². The molecule has 0 saturated heterocycles. The summed E-state index contributed by atoms with van der Waals surface area (Å²) in [4.78, 5) is 11.8. The molecule has 3 nitrogen and oxygen atoms in total. The molecule has 2 N–H and O–H groups in total. The van der Waals surface area contributed by atoms with Gasteiger partial charge in [-0.05, 0) is 30.2 Å². The number of carbonyl (C=O) groups is 1. The summed E-state index contributed by atoms with van der Waals surface area (Å²) < 4.78 is 0. The van der Waals surface area contributed by atoms with Gasteiger partial charge >= 0.3 is 6.03 Å². The highest BCUT2D eigenvalue weighted by Gasteiger charge is 2.08. The largest absolute Gasteiger partial charge is 0.334 e. The van der Waals surface area contributed by atoms with Crippen molar-refractivity contribution < 1.29 is 4.79 Å². The minimum atomic E-state index is -0.193. The molecule has 0 radical (unpaired) electrons. The van der Waals surface area contributed by atoms with Gasteiger partial charge in [-0.2, -0.15) is 0 Å². The van der Waals surface area contributed by atoms with Gasteiger partial charge in [-0.1, -0.05) is 54.1 Å². The van der Waals surface area contributed by atoms with E-state index in [1.807, 2.05) is 61.5 Å². The Bertz CT molecular complexity index is 572. The second kappa shape index (κ2) is 6.96. The van der Waals surface area contributed by atoms with Crippen LogP contribution >= 0.6 is 11.6 Å². The molecule has 2 aromatic carbocycles. The monoisotopic (exact) mass is 288 g/mol. The molecule has 0 fully saturated rings. The molecule has 1 atom stereocenters. The van der Waals surface area contributed by atoms with E-state index < -0.39 is 0 Å². The summed E-state index contributed by atoms with van der Waals surface area (Å²) in [6.45, 7) is 2.40. The summed E-state index contributed by atoms with van der Waals surface area (Å²) in [5.41, 5.74) is 2.05. The number of amides is 2. The molecule has 0 aliphatic carbocycles. The Morgan fingerprint density at radius 2 is 1.90 bits per heavy atom. The molecule has 0 aliphatic heterocycles. The highest BCUT2D eigenvalue weighted by Crippen LogP contribution is 2.12. The Morgan fingerprint density at radius 1 is 1.15 bits per heavy atom. The third-order valence-electron chi connectivity index (χ3n) is 2.99. The van der Waals surface area contributed by atoms with Crippen LogP contribution in [0.3, 0.4) is 0 Å². The fourth-order valence-electron chi connectivity index (χ4n) is 1.90. The minimum Gasteiger partial charge on any atom is -0.334 e. The molecule has 2 aromatic rings. The molecule has 20 heavy (non-hydrogen) atoms. The Kier molecular flexibility index (Phi) is 5.02. The van der Waals surface area contributed by atoms with Crippen molar-refractivity contribution in [2.75, 3.05) is 0 Å². The van der Waals surface area contributed by atoms with Crippen molar-refractivity contribution in [3.05, 3.63) is 70.7 Å². The maximum atomic E-state index is 11.8. The quantitative estimate of drug-likeness (QED) is 0.880. The number of hydrogen-bond donors (Lipinski definition) is 2. The smallest absolute Gasteiger partial charge is 0.315 e. The van der Waals surface area contributed by atoms with Gasteiger partial charge in [0.25, 0.3) is 0 Å². The van der Waals surface area contributed by atoms with E-state index in [0.717, 1.165) is 11.1 Å². The number of nitrogens with one attached hydrogen (secondary N) is 2. The zero-order valence-electron chi connectivity index (χ0n) is 11.3. The Balaban J connectivity index is 1.84. The van der Waals surface area contributed by atoms with E-state index in [1.54, 1.807) is 0 Å². The third-order valence-corrected chi connectivity index (χ3v) is 3.22. The second-order valence-electron chi connectivity index (χ2n) is 4.59. The fourth-order valence-corrected chi connectivity index (χ4v) is 2.11. The van der Waals surface area contributed by atoms with Crippen molar-refractivity contribution in [2.45, 2.75) is 19.5 Å². The summed E-state index contributed by atoms with van der Waals surface area (Å²) in [6.07, 6.45) is 0. The topological polar surface area (TPSA) is 41.1 Å². The Labute approximate surface area is 124 Å². The van der Waals surface area contributed by atoms with Gasteiger partial charge in [0, 0.05) is 11.6 Å². The number of urea groups is 1. The van der Waals surface area contributed by atoms with Gasteiger partial charge in [-0.25, -0.2) is 4.79 Å². The SMILES string of the molecule is CC(NC(=O)NCc1cccc(Cl)c1)c1ccccc1. The Morgan fingerprint density at radius 3 is 2.60 bits per heavy atom. The standard InChI is InChI=1S/C16H17ClN2O/c1-12(14-7-3-2-4-8-14)19-16(20)18-11-13-6-5-9-15(17)10-13/h2-10,12H,11H2,1H3,(H2,18,19,20). The molecule has 2 amide bonds. The van der Waals surface area contributed by atoms with Crippen molar-refractivity contribution in [3.8, 4) is 0 Å². The lowest BCUT2D eigenvalue weighted by Crippen LogP contribution is -2.36. The highest BCUT2D eigenvalue weighted by atomic mass is 35.5. The number of hydrogen-bond acceptors (Lipinski definition) is 1. The van der Waals surface area contributed by atoms with Gasteiger partial charge < -0.3 is 10.6 Å². The van der Waals surface area contributed by atoms with E-state index in [-0.39, 0.29) is 12.1 Å².